The number of nitrogens with zero attached hydrogens (tertiary/aromatic N) is 4. The van der Waals surface area contributed by atoms with Crippen molar-refractivity contribution in [3.05, 3.63) is 89.0 Å². The van der Waals surface area contributed by atoms with Crippen LogP contribution in [0.1, 0.15) is 48.4 Å². The van der Waals surface area contributed by atoms with Crippen molar-refractivity contribution in [2.24, 2.45) is 5.92 Å². The SMILES string of the molecule is C[C@@H]1[C@@H]([Si](C)(C)F)[C@H](CC(=O)N2Cc3ccccc3C[C@H]2CO)O[C@@]12C(=O)N(Cc1ccc(N3CCC3=O)cc1)c1ccc(N3CCC3=O)cc12. The maximum atomic E-state index is 16.6. The van der Waals surface area contributed by atoms with Gasteiger partial charge in [0.05, 0.1) is 37.4 Å². The molecule has 266 valence electrons. The number of hydrogen-bond donors (Lipinski definition) is 1. The predicted octanol–water partition coefficient (Wildman–Crippen LogP) is 4.82. The maximum Gasteiger partial charge on any atom is 0.264 e. The number of aliphatic hydroxyl groups excluding tert-OH is 1. The average molecular weight is 711 g/mol. The van der Waals surface area contributed by atoms with Crippen molar-refractivity contribution in [3.8, 4) is 0 Å². The molecule has 0 unspecified atom stereocenters. The lowest BCUT2D eigenvalue weighted by molar-refractivity contribution is -0.151. The number of aliphatic hydroxyl groups is 1. The van der Waals surface area contributed by atoms with Gasteiger partial charge < -0.3 is 33.6 Å². The summed E-state index contributed by atoms with van der Waals surface area (Å²) in [7, 11) is -3.57. The molecule has 0 aliphatic carbocycles. The largest absolute Gasteiger partial charge is 0.394 e. The fraction of sp³-hybridized carbons (Fsp3) is 0.436. The van der Waals surface area contributed by atoms with E-state index in [-0.39, 0.29) is 43.2 Å². The molecular formula is C39H43FN4O6Si. The summed E-state index contributed by atoms with van der Waals surface area (Å²) in [5.41, 5.74) is 3.36. The van der Waals surface area contributed by atoms with E-state index in [2.05, 4.69) is 0 Å². The number of rotatable bonds is 8. The van der Waals surface area contributed by atoms with Crippen molar-refractivity contribution in [3.63, 3.8) is 0 Å². The normalized spacial score (nSPS) is 27.1. The van der Waals surface area contributed by atoms with E-state index in [1.165, 1.54) is 0 Å². The minimum absolute atomic E-state index is 0.00784. The van der Waals surface area contributed by atoms with E-state index in [1.54, 1.807) is 32.7 Å². The fourth-order valence-electron chi connectivity index (χ4n) is 9.03. The van der Waals surface area contributed by atoms with Gasteiger partial charge in [0.25, 0.3) is 5.91 Å². The fourth-order valence-corrected chi connectivity index (χ4v) is 11.5. The minimum atomic E-state index is -3.57. The van der Waals surface area contributed by atoms with Crippen molar-refractivity contribution in [1.82, 2.24) is 4.90 Å². The number of benzene rings is 3. The molecule has 0 radical (unpaired) electrons. The van der Waals surface area contributed by atoms with E-state index in [9.17, 15) is 24.3 Å². The number of halogens is 1. The Labute approximate surface area is 297 Å². The van der Waals surface area contributed by atoms with Crippen LogP contribution in [0.15, 0.2) is 66.7 Å². The molecule has 1 N–H and O–H groups in total. The third kappa shape index (κ3) is 5.41. The Balaban J connectivity index is 1.14. The zero-order valence-electron chi connectivity index (χ0n) is 29.2. The first-order valence-electron chi connectivity index (χ1n) is 17.9. The van der Waals surface area contributed by atoms with Crippen LogP contribution in [-0.4, -0.2) is 73.9 Å². The zero-order valence-corrected chi connectivity index (χ0v) is 30.2. The van der Waals surface area contributed by atoms with Crippen LogP contribution in [0.4, 0.5) is 21.2 Å². The Morgan fingerprint density at radius 1 is 0.941 bits per heavy atom. The molecule has 3 saturated heterocycles. The summed E-state index contributed by atoms with van der Waals surface area (Å²) in [6.07, 6.45) is 0.495. The lowest BCUT2D eigenvalue weighted by Crippen LogP contribution is -2.48. The number of ether oxygens (including phenoxy) is 1. The van der Waals surface area contributed by atoms with Gasteiger partial charge in [-0.1, -0.05) is 43.3 Å². The summed E-state index contributed by atoms with van der Waals surface area (Å²) < 4.78 is 23.5. The van der Waals surface area contributed by atoms with Gasteiger partial charge in [-0.25, -0.2) is 0 Å². The molecule has 3 aromatic carbocycles. The van der Waals surface area contributed by atoms with Crippen molar-refractivity contribution in [2.45, 2.75) is 82.1 Å². The molecule has 12 heteroatoms. The van der Waals surface area contributed by atoms with Crippen LogP contribution < -0.4 is 14.7 Å². The summed E-state index contributed by atoms with van der Waals surface area (Å²) in [6, 6.07) is 20.5. The van der Waals surface area contributed by atoms with Gasteiger partial charge in [-0.15, -0.1) is 0 Å². The van der Waals surface area contributed by atoms with Crippen LogP contribution in [-0.2, 0) is 49.0 Å². The second-order valence-electron chi connectivity index (χ2n) is 15.2. The topological polar surface area (TPSA) is 111 Å². The highest BCUT2D eigenvalue weighted by atomic mass is 28.4. The maximum absolute atomic E-state index is 16.6. The standard InChI is InChI=1S/C39H43FN4O6Si/c1-24-37(51(2,3)40)33(20-36(48)43-22-27-7-5-4-6-26(27)18-30(43)23-45)50-39(24)31-19-29(42-17-15-35(42)47)12-13-32(31)44(38(39)49)21-25-8-10-28(11-9-25)41-16-14-34(41)46/h4-13,19,24,30,33,37,45H,14-18,20-23H2,1-3H3/t24-,30+,33+,37-,39+/m1/s1. The summed E-state index contributed by atoms with van der Waals surface area (Å²) in [5, 5.41) is 10.3. The Hall–Kier alpha value is -4.39. The van der Waals surface area contributed by atoms with E-state index >= 15 is 4.11 Å². The molecule has 5 aliphatic rings. The van der Waals surface area contributed by atoms with E-state index in [0.29, 0.717) is 55.8 Å². The number of fused-ring (bicyclic) bond motifs is 3. The third-order valence-corrected chi connectivity index (χ3v) is 14.3. The van der Waals surface area contributed by atoms with Gasteiger partial charge in [0.1, 0.15) is 0 Å². The molecule has 10 nitrogen and oxygen atoms in total. The Kier molecular flexibility index (Phi) is 8.19. The highest BCUT2D eigenvalue weighted by Gasteiger charge is 2.67. The van der Waals surface area contributed by atoms with Gasteiger partial charge >= 0.3 is 0 Å². The number of β-lactam (4-membered cyclic amide) rings is 2. The number of carbonyl (C=O) groups is 4. The summed E-state index contributed by atoms with van der Waals surface area (Å²) in [5.74, 6) is -1.11. The highest BCUT2D eigenvalue weighted by Crippen LogP contribution is 2.61. The van der Waals surface area contributed by atoms with Crippen LogP contribution in [0.3, 0.4) is 0 Å². The molecule has 3 fully saturated rings. The van der Waals surface area contributed by atoms with Crippen molar-refractivity contribution >= 4 is 49.1 Å². The van der Waals surface area contributed by atoms with Crippen molar-refractivity contribution < 1.29 is 33.1 Å². The van der Waals surface area contributed by atoms with Crippen molar-refractivity contribution in [2.75, 3.05) is 34.4 Å². The smallest absolute Gasteiger partial charge is 0.264 e. The lowest BCUT2D eigenvalue weighted by atomic mass is 9.82. The van der Waals surface area contributed by atoms with Gasteiger partial charge in [0, 0.05) is 60.9 Å². The number of anilines is 3. The van der Waals surface area contributed by atoms with Crippen LogP contribution in [0.25, 0.3) is 0 Å². The molecule has 5 atom stereocenters. The molecule has 5 aliphatic heterocycles. The quantitative estimate of drug-likeness (QED) is 0.204. The average Bonchev–Trinajstić information content (AvgIpc) is 3.52. The van der Waals surface area contributed by atoms with Crippen LogP contribution in [0.2, 0.25) is 18.6 Å². The van der Waals surface area contributed by atoms with E-state index in [0.717, 1.165) is 22.4 Å². The first kappa shape index (κ1) is 33.7. The molecule has 1 spiro atoms. The first-order valence-corrected chi connectivity index (χ1v) is 20.9. The molecule has 3 aromatic rings. The van der Waals surface area contributed by atoms with Crippen LogP contribution in [0.5, 0.6) is 0 Å². The summed E-state index contributed by atoms with van der Waals surface area (Å²) in [4.78, 5) is 60.4. The Bertz CT molecular complexity index is 1930. The van der Waals surface area contributed by atoms with E-state index in [1.807, 2.05) is 73.7 Å². The van der Waals surface area contributed by atoms with Gasteiger partial charge in [0.15, 0.2) is 5.60 Å². The Morgan fingerprint density at radius 3 is 2.20 bits per heavy atom. The second kappa shape index (κ2) is 12.4. The van der Waals surface area contributed by atoms with Crippen LogP contribution in [0, 0.1) is 5.92 Å². The molecule has 4 amide bonds. The van der Waals surface area contributed by atoms with E-state index < -0.39 is 37.6 Å². The summed E-state index contributed by atoms with van der Waals surface area (Å²) >= 11 is 0. The molecule has 0 aromatic heterocycles. The summed E-state index contributed by atoms with van der Waals surface area (Å²) in [6.45, 7) is 6.69. The second-order valence-corrected chi connectivity index (χ2v) is 19.0. The third-order valence-electron chi connectivity index (χ3n) is 11.8. The molecule has 5 heterocycles. The van der Waals surface area contributed by atoms with Crippen LogP contribution >= 0.6 is 0 Å². The minimum Gasteiger partial charge on any atom is -0.394 e. The zero-order chi connectivity index (χ0) is 35.8. The monoisotopic (exact) mass is 710 g/mol. The number of hydrogen-bond acceptors (Lipinski definition) is 6. The van der Waals surface area contributed by atoms with Gasteiger partial charge in [0.2, 0.25) is 26.1 Å². The van der Waals surface area contributed by atoms with Crippen molar-refractivity contribution in [1.29, 1.82) is 0 Å². The van der Waals surface area contributed by atoms with E-state index in [4.69, 9.17) is 4.74 Å². The molecule has 51 heavy (non-hydrogen) atoms. The molecule has 0 bridgehead atoms. The predicted molar refractivity (Wildman–Crippen MR) is 192 cm³/mol. The lowest BCUT2D eigenvalue weighted by Gasteiger charge is -2.37. The molecular weight excluding hydrogens is 668 g/mol. The molecule has 8 rings (SSSR count). The number of amides is 4. The first-order chi connectivity index (χ1) is 24.4. The number of carbonyl (C=O) groups excluding carboxylic acids is 4. The van der Waals surface area contributed by atoms with Gasteiger partial charge in [-0.3, -0.25) is 19.2 Å². The highest BCUT2D eigenvalue weighted by molar-refractivity contribution is 6.72. The Morgan fingerprint density at radius 2 is 1.59 bits per heavy atom. The van der Waals surface area contributed by atoms with Gasteiger partial charge in [-0.2, -0.15) is 0 Å². The van der Waals surface area contributed by atoms with Gasteiger partial charge in [-0.05, 0) is 66.5 Å². The molecule has 0 saturated carbocycles.